The van der Waals surface area contributed by atoms with Gasteiger partial charge in [-0.3, -0.25) is 14.4 Å². The number of rotatable bonds is 7. The summed E-state index contributed by atoms with van der Waals surface area (Å²) in [7, 11) is 1.54. The summed E-state index contributed by atoms with van der Waals surface area (Å²) in [4.78, 5) is 37.8. The van der Waals surface area contributed by atoms with E-state index in [0.29, 0.717) is 15.6 Å². The van der Waals surface area contributed by atoms with Crippen molar-refractivity contribution in [2.75, 3.05) is 18.9 Å². The molecule has 1 heterocycles. The van der Waals surface area contributed by atoms with Gasteiger partial charge in [0.1, 0.15) is 0 Å². The van der Waals surface area contributed by atoms with Gasteiger partial charge in [0.25, 0.3) is 0 Å². The van der Waals surface area contributed by atoms with Gasteiger partial charge in [0.15, 0.2) is 5.78 Å². The van der Waals surface area contributed by atoms with Crippen LogP contribution in [0.3, 0.4) is 0 Å². The van der Waals surface area contributed by atoms with Crippen LogP contribution in [0.4, 0.5) is 5.69 Å². The molecule has 1 aromatic carbocycles. The number of ketones is 1. The third kappa shape index (κ3) is 5.47. The topological polar surface area (TPSA) is 66.5 Å². The van der Waals surface area contributed by atoms with Crippen molar-refractivity contribution < 1.29 is 14.4 Å². The van der Waals surface area contributed by atoms with Gasteiger partial charge < -0.3 is 10.2 Å². The normalized spacial score (nSPS) is 10.2. The molecule has 0 aliphatic heterocycles. The molecule has 5 nitrogen and oxygen atoms in total. The van der Waals surface area contributed by atoms with E-state index in [-0.39, 0.29) is 37.0 Å². The number of Topliss-reactive ketones (excluding diaryl/α,β-unsaturated/α-hetero) is 1. The fraction of sp³-hybridized carbons (Fsp3) is 0.235. The second-order valence-corrected chi connectivity index (χ2v) is 6.59. The quantitative estimate of drug-likeness (QED) is 0.765. The highest BCUT2D eigenvalue weighted by atomic mass is 35.5. The van der Waals surface area contributed by atoms with Crippen molar-refractivity contribution in [3.05, 3.63) is 51.7 Å². The van der Waals surface area contributed by atoms with Crippen LogP contribution >= 0.6 is 22.9 Å². The first kappa shape index (κ1) is 18.2. The Labute approximate surface area is 149 Å². The number of anilines is 1. The van der Waals surface area contributed by atoms with Crippen molar-refractivity contribution in [2.45, 2.75) is 12.8 Å². The second kappa shape index (κ2) is 8.61. The molecular formula is C17H17ClN2O3S. The van der Waals surface area contributed by atoms with E-state index in [2.05, 4.69) is 5.32 Å². The Morgan fingerprint density at radius 2 is 1.83 bits per heavy atom. The summed E-state index contributed by atoms with van der Waals surface area (Å²) in [5.74, 6) is -0.610. The molecule has 0 spiro atoms. The zero-order chi connectivity index (χ0) is 17.5. The summed E-state index contributed by atoms with van der Waals surface area (Å²) in [6.45, 7) is -0.0747. The van der Waals surface area contributed by atoms with Crippen LogP contribution in [0.2, 0.25) is 5.02 Å². The fourth-order valence-corrected chi connectivity index (χ4v) is 2.83. The molecule has 2 rings (SSSR count). The average Bonchev–Trinajstić information content (AvgIpc) is 3.08. The third-order valence-electron chi connectivity index (χ3n) is 3.30. The Bertz CT molecular complexity index is 714. The summed E-state index contributed by atoms with van der Waals surface area (Å²) >= 11 is 7.13. The van der Waals surface area contributed by atoms with Crippen molar-refractivity contribution in [3.8, 4) is 0 Å². The molecule has 0 radical (unpaired) electrons. The largest absolute Gasteiger partial charge is 0.336 e. The molecule has 0 unspecified atom stereocenters. The highest BCUT2D eigenvalue weighted by Gasteiger charge is 2.15. The van der Waals surface area contributed by atoms with Crippen LogP contribution in [0.15, 0.2) is 41.8 Å². The SMILES string of the molecule is CN(CC(=O)Nc1ccc(Cl)cc1)C(=O)CCC(=O)c1cccs1. The number of hydrogen-bond acceptors (Lipinski definition) is 4. The molecule has 0 bridgehead atoms. The highest BCUT2D eigenvalue weighted by Crippen LogP contribution is 2.14. The molecule has 126 valence electrons. The van der Waals surface area contributed by atoms with Crippen molar-refractivity contribution >= 4 is 46.2 Å². The van der Waals surface area contributed by atoms with Crippen molar-refractivity contribution in [1.29, 1.82) is 0 Å². The zero-order valence-corrected chi connectivity index (χ0v) is 14.7. The van der Waals surface area contributed by atoms with Crippen LogP contribution in [0, 0.1) is 0 Å². The molecule has 2 aromatic rings. The van der Waals surface area contributed by atoms with E-state index in [1.54, 1.807) is 43.4 Å². The van der Waals surface area contributed by atoms with Gasteiger partial charge in [0.05, 0.1) is 11.4 Å². The Kier molecular flexibility index (Phi) is 6.52. The van der Waals surface area contributed by atoms with Gasteiger partial charge in [-0.1, -0.05) is 17.7 Å². The molecule has 7 heteroatoms. The van der Waals surface area contributed by atoms with E-state index in [1.165, 1.54) is 16.2 Å². The number of thiophene rings is 1. The zero-order valence-electron chi connectivity index (χ0n) is 13.1. The van der Waals surface area contributed by atoms with E-state index in [1.807, 2.05) is 5.38 Å². The van der Waals surface area contributed by atoms with Crippen LogP contribution in [0.1, 0.15) is 22.5 Å². The molecule has 24 heavy (non-hydrogen) atoms. The van der Waals surface area contributed by atoms with Crippen LogP contribution in [0.25, 0.3) is 0 Å². The van der Waals surface area contributed by atoms with Crippen molar-refractivity contribution in [2.24, 2.45) is 0 Å². The molecule has 1 N–H and O–H groups in total. The maximum Gasteiger partial charge on any atom is 0.243 e. The average molecular weight is 365 g/mol. The molecular weight excluding hydrogens is 348 g/mol. The standard InChI is InChI=1S/C17H17ClN2O3S/c1-20(11-16(22)19-13-6-4-12(18)5-7-13)17(23)9-8-14(21)15-3-2-10-24-15/h2-7,10H,8-9,11H2,1H3,(H,19,22). The number of carbonyl (C=O) groups excluding carboxylic acids is 3. The second-order valence-electron chi connectivity index (χ2n) is 5.21. The first-order chi connectivity index (χ1) is 11.5. The van der Waals surface area contributed by atoms with Crippen molar-refractivity contribution in [1.82, 2.24) is 4.90 Å². The van der Waals surface area contributed by atoms with Gasteiger partial charge >= 0.3 is 0 Å². The maximum atomic E-state index is 12.0. The Morgan fingerprint density at radius 1 is 1.12 bits per heavy atom. The predicted molar refractivity (Wildman–Crippen MR) is 95.6 cm³/mol. The van der Waals surface area contributed by atoms with Gasteiger partial charge in [-0.25, -0.2) is 0 Å². The Hall–Kier alpha value is -2.18. The van der Waals surface area contributed by atoms with Gasteiger partial charge in [-0.15, -0.1) is 11.3 Å². The lowest BCUT2D eigenvalue weighted by atomic mass is 10.2. The maximum absolute atomic E-state index is 12.0. The smallest absolute Gasteiger partial charge is 0.243 e. The lowest BCUT2D eigenvalue weighted by molar-refractivity contribution is -0.133. The minimum Gasteiger partial charge on any atom is -0.336 e. The molecule has 2 amide bonds. The lowest BCUT2D eigenvalue weighted by Gasteiger charge is -2.16. The van der Waals surface area contributed by atoms with E-state index in [4.69, 9.17) is 11.6 Å². The number of halogens is 1. The summed E-state index contributed by atoms with van der Waals surface area (Å²) in [5, 5.41) is 5.09. The van der Waals surface area contributed by atoms with Gasteiger partial charge in [0, 0.05) is 30.6 Å². The predicted octanol–water partition coefficient (Wildman–Crippen LogP) is 3.46. The lowest BCUT2D eigenvalue weighted by Crippen LogP contribution is -2.35. The monoisotopic (exact) mass is 364 g/mol. The first-order valence-electron chi connectivity index (χ1n) is 7.32. The number of likely N-dealkylation sites (N-methyl/N-ethyl adjacent to an activating group) is 1. The Morgan fingerprint density at radius 3 is 2.46 bits per heavy atom. The molecule has 0 saturated carbocycles. The fourth-order valence-electron chi connectivity index (χ4n) is 2.01. The Balaban J connectivity index is 1.77. The summed E-state index contributed by atoms with van der Waals surface area (Å²) in [6, 6.07) is 10.2. The molecule has 0 saturated heterocycles. The third-order valence-corrected chi connectivity index (χ3v) is 4.46. The van der Waals surface area contributed by atoms with E-state index in [9.17, 15) is 14.4 Å². The number of amides is 2. The molecule has 0 aliphatic rings. The van der Waals surface area contributed by atoms with Crippen LogP contribution in [-0.2, 0) is 9.59 Å². The number of nitrogens with one attached hydrogen (secondary N) is 1. The summed E-state index contributed by atoms with van der Waals surface area (Å²) in [6.07, 6.45) is 0.226. The minimum absolute atomic E-state index is 0.0580. The first-order valence-corrected chi connectivity index (χ1v) is 8.57. The molecule has 1 aromatic heterocycles. The highest BCUT2D eigenvalue weighted by molar-refractivity contribution is 7.12. The number of benzene rings is 1. The number of hydrogen-bond donors (Lipinski definition) is 1. The van der Waals surface area contributed by atoms with Gasteiger partial charge in [0.2, 0.25) is 11.8 Å². The number of carbonyl (C=O) groups is 3. The number of nitrogens with zero attached hydrogens (tertiary/aromatic N) is 1. The molecule has 0 atom stereocenters. The van der Waals surface area contributed by atoms with E-state index in [0.717, 1.165) is 0 Å². The van der Waals surface area contributed by atoms with Crippen LogP contribution in [-0.4, -0.2) is 36.1 Å². The summed E-state index contributed by atoms with van der Waals surface area (Å²) < 4.78 is 0. The van der Waals surface area contributed by atoms with E-state index < -0.39 is 0 Å². The van der Waals surface area contributed by atoms with Crippen LogP contribution in [0.5, 0.6) is 0 Å². The summed E-state index contributed by atoms with van der Waals surface area (Å²) in [5.41, 5.74) is 0.609. The van der Waals surface area contributed by atoms with E-state index >= 15 is 0 Å². The van der Waals surface area contributed by atoms with Crippen molar-refractivity contribution in [3.63, 3.8) is 0 Å². The van der Waals surface area contributed by atoms with Gasteiger partial charge in [-0.05, 0) is 35.7 Å². The molecule has 0 fully saturated rings. The molecule has 0 aliphatic carbocycles. The van der Waals surface area contributed by atoms with Gasteiger partial charge in [-0.2, -0.15) is 0 Å². The minimum atomic E-state index is -0.308. The van der Waals surface area contributed by atoms with Crippen LogP contribution < -0.4 is 5.32 Å².